The molecule has 0 aromatic rings. The molecule has 0 saturated carbocycles. The maximum Gasteiger partial charge on any atom is 0.232 e. The van der Waals surface area contributed by atoms with E-state index in [4.69, 9.17) is 18.0 Å². The van der Waals surface area contributed by atoms with Crippen molar-refractivity contribution in [2.24, 2.45) is 17.6 Å². The van der Waals surface area contributed by atoms with Gasteiger partial charge >= 0.3 is 0 Å². The van der Waals surface area contributed by atoms with Gasteiger partial charge in [-0.1, -0.05) is 45.3 Å². The van der Waals surface area contributed by atoms with Gasteiger partial charge in [0, 0.05) is 13.1 Å². The number of carbonyl (C=O) groups excluding carboxylic acids is 1. The first-order valence-electron chi connectivity index (χ1n) is 7.68. The largest absolute Gasteiger partial charge is 0.393 e. The third kappa shape index (κ3) is 5.09. The van der Waals surface area contributed by atoms with Crippen molar-refractivity contribution in [1.82, 2.24) is 4.90 Å². The van der Waals surface area contributed by atoms with Crippen molar-refractivity contribution in [3.8, 4) is 0 Å². The predicted octanol–water partition coefficient (Wildman–Crippen LogP) is 3.12. The third-order valence-electron chi connectivity index (χ3n) is 4.08. The van der Waals surface area contributed by atoms with Gasteiger partial charge in [0.2, 0.25) is 5.91 Å². The van der Waals surface area contributed by atoms with Crippen molar-refractivity contribution < 1.29 is 4.79 Å². The maximum absolute atomic E-state index is 12.5. The van der Waals surface area contributed by atoms with Crippen molar-refractivity contribution >= 4 is 23.1 Å². The van der Waals surface area contributed by atoms with E-state index in [1.165, 1.54) is 19.3 Å². The standard InChI is InChI=1S/C15H28N2OS/c1-3-6-12-8-5-10-17(11-9-12)15(18)13(7-4-2)14(16)19/h12-13H,3-11H2,1-2H3,(H2,16,19). The molecule has 1 amide bonds. The lowest BCUT2D eigenvalue weighted by atomic mass is 9.96. The molecular weight excluding hydrogens is 256 g/mol. The van der Waals surface area contributed by atoms with E-state index in [9.17, 15) is 4.79 Å². The normalized spacial score (nSPS) is 21.8. The molecule has 2 N–H and O–H groups in total. The van der Waals surface area contributed by atoms with Crippen LogP contribution in [0, 0.1) is 11.8 Å². The summed E-state index contributed by atoms with van der Waals surface area (Å²) in [6.45, 7) is 6.06. The van der Waals surface area contributed by atoms with Gasteiger partial charge in [0.1, 0.15) is 0 Å². The lowest BCUT2D eigenvalue weighted by Gasteiger charge is -2.25. The molecular formula is C15H28N2OS. The zero-order valence-corrected chi connectivity index (χ0v) is 13.2. The zero-order valence-electron chi connectivity index (χ0n) is 12.4. The highest BCUT2D eigenvalue weighted by molar-refractivity contribution is 7.80. The third-order valence-corrected chi connectivity index (χ3v) is 4.36. The molecule has 0 bridgehead atoms. The summed E-state index contributed by atoms with van der Waals surface area (Å²) in [6, 6.07) is 0. The van der Waals surface area contributed by atoms with E-state index < -0.39 is 0 Å². The number of rotatable bonds is 6. The summed E-state index contributed by atoms with van der Waals surface area (Å²) in [5.41, 5.74) is 5.73. The van der Waals surface area contributed by atoms with Crippen molar-refractivity contribution in [2.45, 2.75) is 58.8 Å². The Hall–Kier alpha value is -0.640. The summed E-state index contributed by atoms with van der Waals surface area (Å²) in [5.74, 6) is 0.700. The molecule has 0 spiro atoms. The highest BCUT2D eigenvalue weighted by Gasteiger charge is 2.27. The lowest BCUT2D eigenvalue weighted by Crippen LogP contribution is -2.41. The second-order valence-electron chi connectivity index (χ2n) is 5.65. The summed E-state index contributed by atoms with van der Waals surface area (Å²) < 4.78 is 0. The summed E-state index contributed by atoms with van der Waals surface area (Å²) in [7, 11) is 0. The highest BCUT2D eigenvalue weighted by atomic mass is 32.1. The molecule has 0 aliphatic carbocycles. The monoisotopic (exact) mass is 284 g/mol. The Balaban J connectivity index is 2.58. The quantitative estimate of drug-likeness (QED) is 0.762. The predicted molar refractivity (Wildman–Crippen MR) is 84.0 cm³/mol. The molecule has 1 aliphatic heterocycles. The fourth-order valence-electron chi connectivity index (χ4n) is 2.98. The summed E-state index contributed by atoms with van der Waals surface area (Å²) in [5, 5.41) is 0. The van der Waals surface area contributed by atoms with E-state index in [1.807, 2.05) is 4.90 Å². The van der Waals surface area contributed by atoms with E-state index in [0.29, 0.717) is 4.99 Å². The minimum absolute atomic E-state index is 0.159. The van der Waals surface area contributed by atoms with Gasteiger partial charge in [-0.05, 0) is 31.6 Å². The van der Waals surface area contributed by atoms with Crippen LogP contribution in [0.3, 0.4) is 0 Å². The Bertz CT molecular complexity index is 307. The molecule has 0 radical (unpaired) electrons. The molecule has 1 rings (SSSR count). The van der Waals surface area contributed by atoms with Crippen LogP contribution in [-0.2, 0) is 4.79 Å². The van der Waals surface area contributed by atoms with Crippen LogP contribution in [-0.4, -0.2) is 28.9 Å². The Morgan fingerprint density at radius 3 is 2.63 bits per heavy atom. The summed E-state index contributed by atoms with van der Waals surface area (Å²) in [6.07, 6.45) is 7.76. The van der Waals surface area contributed by atoms with Gasteiger partial charge in [0.05, 0.1) is 10.9 Å². The molecule has 1 aliphatic rings. The average molecular weight is 284 g/mol. The van der Waals surface area contributed by atoms with Gasteiger partial charge in [0.25, 0.3) is 0 Å². The SMILES string of the molecule is CCCC1CCCN(C(=O)C(CCC)C(N)=S)CC1. The van der Waals surface area contributed by atoms with E-state index in [1.54, 1.807) is 0 Å². The van der Waals surface area contributed by atoms with Crippen LogP contribution in [0.25, 0.3) is 0 Å². The van der Waals surface area contributed by atoms with Gasteiger partial charge < -0.3 is 10.6 Å². The number of amides is 1. The second-order valence-corrected chi connectivity index (χ2v) is 6.13. The minimum atomic E-state index is -0.247. The topological polar surface area (TPSA) is 46.3 Å². The van der Waals surface area contributed by atoms with Gasteiger partial charge in [-0.15, -0.1) is 0 Å². The van der Waals surface area contributed by atoms with Gasteiger partial charge in [-0.3, -0.25) is 4.79 Å². The van der Waals surface area contributed by atoms with Crippen molar-refractivity contribution in [3.63, 3.8) is 0 Å². The molecule has 2 atom stereocenters. The number of hydrogen-bond donors (Lipinski definition) is 1. The molecule has 0 aromatic carbocycles. The fraction of sp³-hybridized carbons (Fsp3) is 0.867. The van der Waals surface area contributed by atoms with Crippen molar-refractivity contribution in [1.29, 1.82) is 0 Å². The minimum Gasteiger partial charge on any atom is -0.393 e. The number of thiocarbonyl (C=S) groups is 1. The van der Waals surface area contributed by atoms with Crippen LogP contribution < -0.4 is 5.73 Å². The average Bonchev–Trinajstić information content (AvgIpc) is 2.61. The Labute approximate surface area is 122 Å². The number of carbonyl (C=O) groups is 1. The Morgan fingerprint density at radius 1 is 1.32 bits per heavy atom. The van der Waals surface area contributed by atoms with Crippen LogP contribution in [0.15, 0.2) is 0 Å². The van der Waals surface area contributed by atoms with E-state index >= 15 is 0 Å². The van der Waals surface area contributed by atoms with E-state index in [-0.39, 0.29) is 11.8 Å². The molecule has 3 nitrogen and oxygen atoms in total. The van der Waals surface area contributed by atoms with E-state index in [0.717, 1.165) is 44.7 Å². The molecule has 1 saturated heterocycles. The molecule has 2 unspecified atom stereocenters. The van der Waals surface area contributed by atoms with Gasteiger partial charge in [-0.25, -0.2) is 0 Å². The van der Waals surface area contributed by atoms with Crippen molar-refractivity contribution in [3.05, 3.63) is 0 Å². The van der Waals surface area contributed by atoms with E-state index in [2.05, 4.69) is 13.8 Å². The molecule has 0 aromatic heterocycles. The summed E-state index contributed by atoms with van der Waals surface area (Å²) >= 11 is 5.06. The zero-order chi connectivity index (χ0) is 14.3. The molecule has 110 valence electrons. The van der Waals surface area contributed by atoms with Gasteiger partial charge in [0.15, 0.2) is 0 Å². The van der Waals surface area contributed by atoms with Crippen LogP contribution in [0.2, 0.25) is 0 Å². The highest BCUT2D eigenvalue weighted by Crippen LogP contribution is 2.23. The summed E-state index contributed by atoms with van der Waals surface area (Å²) in [4.78, 5) is 14.9. The number of nitrogens with zero attached hydrogens (tertiary/aromatic N) is 1. The van der Waals surface area contributed by atoms with Crippen LogP contribution in [0.4, 0.5) is 0 Å². The number of nitrogens with two attached hydrogens (primary N) is 1. The smallest absolute Gasteiger partial charge is 0.232 e. The molecule has 1 heterocycles. The molecule has 1 fully saturated rings. The van der Waals surface area contributed by atoms with Crippen molar-refractivity contribution in [2.75, 3.05) is 13.1 Å². The van der Waals surface area contributed by atoms with Crippen LogP contribution in [0.5, 0.6) is 0 Å². The Morgan fingerprint density at radius 2 is 2.05 bits per heavy atom. The first-order chi connectivity index (χ1) is 9.10. The molecule has 4 heteroatoms. The maximum atomic E-state index is 12.5. The van der Waals surface area contributed by atoms with Gasteiger partial charge in [-0.2, -0.15) is 0 Å². The lowest BCUT2D eigenvalue weighted by molar-refractivity contribution is -0.133. The first-order valence-corrected chi connectivity index (χ1v) is 8.09. The fourth-order valence-corrected chi connectivity index (χ4v) is 3.20. The molecule has 19 heavy (non-hydrogen) atoms. The number of likely N-dealkylation sites (tertiary alicyclic amines) is 1. The first kappa shape index (κ1) is 16.4. The Kier molecular flexibility index (Phi) is 7.36. The van der Waals surface area contributed by atoms with Crippen LogP contribution >= 0.6 is 12.2 Å². The van der Waals surface area contributed by atoms with Crippen LogP contribution in [0.1, 0.15) is 58.8 Å². The second kappa shape index (κ2) is 8.51. The number of hydrogen-bond acceptors (Lipinski definition) is 2.